The number of hydrogen-bond acceptors (Lipinski definition) is 3. The highest BCUT2D eigenvalue weighted by atomic mass is 32.2. The Morgan fingerprint density at radius 3 is 3.08 bits per heavy atom. The van der Waals surface area contributed by atoms with E-state index in [4.69, 9.17) is 5.11 Å². The normalized spacial score (nSPS) is 10.2. The minimum atomic E-state index is -0.738. The monoisotopic (exact) mass is 200 g/mol. The third-order valence-electron chi connectivity index (χ3n) is 1.63. The van der Waals surface area contributed by atoms with Gasteiger partial charge in [-0.15, -0.1) is 0 Å². The minimum Gasteiger partial charge on any atom is -0.481 e. The van der Waals surface area contributed by atoms with E-state index in [-0.39, 0.29) is 6.42 Å². The van der Waals surface area contributed by atoms with Crippen molar-refractivity contribution >= 4 is 17.7 Å². The standard InChI is InChI=1S/C8H12N2O2S/c1-10-6-9-4-7(10)5-13-3-2-8(11)12/h4,6H,2-3,5H2,1H3,(H,11,12). The molecule has 1 aromatic rings. The van der Waals surface area contributed by atoms with E-state index in [1.54, 1.807) is 24.3 Å². The maximum atomic E-state index is 10.2. The molecule has 0 atom stereocenters. The molecule has 72 valence electrons. The van der Waals surface area contributed by atoms with Crippen LogP contribution in [-0.2, 0) is 17.6 Å². The lowest BCUT2D eigenvalue weighted by atomic mass is 10.5. The van der Waals surface area contributed by atoms with Gasteiger partial charge in [0, 0.05) is 30.4 Å². The van der Waals surface area contributed by atoms with Crippen LogP contribution in [0, 0.1) is 0 Å². The number of carboxylic acid groups (broad SMARTS) is 1. The highest BCUT2D eigenvalue weighted by Crippen LogP contribution is 2.11. The molecular formula is C8H12N2O2S. The van der Waals surface area contributed by atoms with Gasteiger partial charge in [0.2, 0.25) is 0 Å². The zero-order valence-electron chi connectivity index (χ0n) is 7.43. The van der Waals surface area contributed by atoms with Gasteiger partial charge in [-0.3, -0.25) is 4.79 Å². The van der Waals surface area contributed by atoms with Gasteiger partial charge < -0.3 is 9.67 Å². The van der Waals surface area contributed by atoms with Crippen molar-refractivity contribution in [3.05, 3.63) is 18.2 Å². The van der Waals surface area contributed by atoms with Crippen LogP contribution in [0.4, 0.5) is 0 Å². The molecule has 0 bridgehead atoms. The second-order valence-corrected chi connectivity index (χ2v) is 3.80. The first-order valence-corrected chi connectivity index (χ1v) is 5.10. The summed E-state index contributed by atoms with van der Waals surface area (Å²) in [5.74, 6) is 0.738. The predicted molar refractivity (Wildman–Crippen MR) is 51.6 cm³/mol. The van der Waals surface area contributed by atoms with Crippen molar-refractivity contribution in [3.63, 3.8) is 0 Å². The van der Waals surface area contributed by atoms with E-state index in [1.165, 1.54) is 0 Å². The molecule has 13 heavy (non-hydrogen) atoms. The van der Waals surface area contributed by atoms with Crippen molar-refractivity contribution in [1.82, 2.24) is 9.55 Å². The molecular weight excluding hydrogens is 188 g/mol. The summed E-state index contributed by atoms with van der Waals surface area (Å²) in [4.78, 5) is 14.2. The van der Waals surface area contributed by atoms with Crippen molar-refractivity contribution < 1.29 is 9.90 Å². The molecule has 0 saturated heterocycles. The van der Waals surface area contributed by atoms with Gasteiger partial charge in [-0.2, -0.15) is 11.8 Å². The summed E-state index contributed by atoms with van der Waals surface area (Å²) in [6, 6.07) is 0. The van der Waals surface area contributed by atoms with Crippen LogP contribution in [0.2, 0.25) is 0 Å². The van der Waals surface area contributed by atoms with E-state index in [0.29, 0.717) is 5.75 Å². The number of thioether (sulfide) groups is 1. The first-order valence-electron chi connectivity index (χ1n) is 3.95. The van der Waals surface area contributed by atoms with E-state index < -0.39 is 5.97 Å². The third kappa shape index (κ3) is 3.50. The van der Waals surface area contributed by atoms with E-state index in [1.807, 2.05) is 11.6 Å². The average molecular weight is 200 g/mol. The number of aryl methyl sites for hydroxylation is 1. The van der Waals surface area contributed by atoms with Crippen molar-refractivity contribution in [1.29, 1.82) is 0 Å². The van der Waals surface area contributed by atoms with Crippen LogP contribution < -0.4 is 0 Å². The van der Waals surface area contributed by atoms with E-state index in [9.17, 15) is 4.79 Å². The maximum Gasteiger partial charge on any atom is 0.304 e. The fourth-order valence-corrected chi connectivity index (χ4v) is 1.81. The van der Waals surface area contributed by atoms with E-state index in [0.717, 1.165) is 11.4 Å². The van der Waals surface area contributed by atoms with Crippen molar-refractivity contribution in [3.8, 4) is 0 Å². The SMILES string of the molecule is Cn1cncc1CSCCC(=O)O. The van der Waals surface area contributed by atoms with Gasteiger partial charge in [0.1, 0.15) is 0 Å². The Morgan fingerprint density at radius 1 is 1.77 bits per heavy atom. The van der Waals surface area contributed by atoms with Crippen molar-refractivity contribution in [2.24, 2.45) is 7.05 Å². The molecule has 1 aromatic heterocycles. The molecule has 0 spiro atoms. The summed E-state index contributed by atoms with van der Waals surface area (Å²) in [7, 11) is 1.93. The van der Waals surface area contributed by atoms with Crippen LogP contribution in [0.1, 0.15) is 12.1 Å². The molecule has 0 saturated carbocycles. The number of nitrogens with zero attached hydrogens (tertiary/aromatic N) is 2. The van der Waals surface area contributed by atoms with Gasteiger partial charge in [0.05, 0.1) is 12.7 Å². The zero-order chi connectivity index (χ0) is 9.68. The lowest BCUT2D eigenvalue weighted by Crippen LogP contribution is -1.97. The number of imidazole rings is 1. The highest BCUT2D eigenvalue weighted by Gasteiger charge is 2.00. The Hall–Kier alpha value is -0.970. The van der Waals surface area contributed by atoms with E-state index in [2.05, 4.69) is 4.98 Å². The van der Waals surface area contributed by atoms with Crippen LogP contribution in [0.3, 0.4) is 0 Å². The third-order valence-corrected chi connectivity index (χ3v) is 2.62. The first kappa shape index (κ1) is 10.1. The van der Waals surface area contributed by atoms with Gasteiger partial charge in [-0.05, 0) is 0 Å². The summed E-state index contributed by atoms with van der Waals surface area (Å²) < 4.78 is 1.94. The summed E-state index contributed by atoms with van der Waals surface area (Å²) in [5.41, 5.74) is 1.12. The lowest BCUT2D eigenvalue weighted by Gasteiger charge is -2.00. The maximum absolute atomic E-state index is 10.2. The van der Waals surface area contributed by atoms with Crippen LogP contribution in [-0.4, -0.2) is 26.4 Å². The second-order valence-electron chi connectivity index (χ2n) is 2.69. The van der Waals surface area contributed by atoms with Gasteiger partial charge in [0.15, 0.2) is 0 Å². The molecule has 0 unspecified atom stereocenters. The molecule has 0 aromatic carbocycles. The summed E-state index contributed by atoms with van der Waals surface area (Å²) in [6.45, 7) is 0. The Kier molecular flexibility index (Phi) is 3.82. The van der Waals surface area contributed by atoms with Crippen molar-refractivity contribution in [2.45, 2.75) is 12.2 Å². The molecule has 5 heteroatoms. The predicted octanol–water partition coefficient (Wildman–Crippen LogP) is 1.13. The highest BCUT2D eigenvalue weighted by molar-refractivity contribution is 7.98. The molecule has 0 radical (unpaired) electrons. The van der Waals surface area contributed by atoms with Crippen LogP contribution in [0.15, 0.2) is 12.5 Å². The molecule has 1 N–H and O–H groups in total. The summed E-state index contributed by atoms with van der Waals surface area (Å²) >= 11 is 1.61. The molecule has 1 heterocycles. The number of hydrogen-bond donors (Lipinski definition) is 1. The van der Waals surface area contributed by atoms with Gasteiger partial charge in [0.25, 0.3) is 0 Å². The molecule has 1 rings (SSSR count). The van der Waals surface area contributed by atoms with Gasteiger partial charge in [-0.1, -0.05) is 0 Å². The van der Waals surface area contributed by atoms with Crippen LogP contribution in [0.5, 0.6) is 0 Å². The number of carbonyl (C=O) groups is 1. The summed E-state index contributed by atoms with van der Waals surface area (Å²) in [6.07, 6.45) is 3.77. The van der Waals surface area contributed by atoms with Gasteiger partial charge >= 0.3 is 5.97 Å². The number of rotatable bonds is 5. The largest absolute Gasteiger partial charge is 0.481 e. The summed E-state index contributed by atoms with van der Waals surface area (Å²) in [5, 5.41) is 8.39. The first-order chi connectivity index (χ1) is 6.20. The fourth-order valence-electron chi connectivity index (χ4n) is 0.860. The topological polar surface area (TPSA) is 55.1 Å². The lowest BCUT2D eigenvalue weighted by molar-refractivity contribution is -0.136. The number of aliphatic carboxylic acids is 1. The number of aromatic nitrogens is 2. The zero-order valence-corrected chi connectivity index (χ0v) is 8.25. The molecule has 0 aliphatic rings. The Morgan fingerprint density at radius 2 is 2.54 bits per heavy atom. The van der Waals surface area contributed by atoms with Crippen LogP contribution in [0.25, 0.3) is 0 Å². The molecule has 0 amide bonds. The minimum absolute atomic E-state index is 0.225. The Bertz CT molecular complexity index is 285. The smallest absolute Gasteiger partial charge is 0.304 e. The molecule has 0 fully saturated rings. The molecule has 0 aliphatic heterocycles. The fraction of sp³-hybridized carbons (Fsp3) is 0.500. The Balaban J connectivity index is 2.20. The van der Waals surface area contributed by atoms with Crippen molar-refractivity contribution in [2.75, 3.05) is 5.75 Å². The molecule has 4 nitrogen and oxygen atoms in total. The number of carboxylic acids is 1. The average Bonchev–Trinajstić information content (AvgIpc) is 2.45. The van der Waals surface area contributed by atoms with Crippen LogP contribution >= 0.6 is 11.8 Å². The Labute approximate surface area is 81.0 Å². The quantitative estimate of drug-likeness (QED) is 0.724. The molecule has 0 aliphatic carbocycles. The van der Waals surface area contributed by atoms with E-state index >= 15 is 0 Å². The second kappa shape index (κ2) is 4.91. The van der Waals surface area contributed by atoms with Gasteiger partial charge in [-0.25, -0.2) is 4.98 Å².